The van der Waals surface area contributed by atoms with Gasteiger partial charge in [-0.15, -0.1) is 11.3 Å². The number of rotatable bonds is 5. The van der Waals surface area contributed by atoms with Gasteiger partial charge in [-0.1, -0.05) is 18.5 Å². The van der Waals surface area contributed by atoms with Crippen LogP contribution in [0.25, 0.3) is 0 Å². The van der Waals surface area contributed by atoms with E-state index in [1.54, 1.807) is 11.3 Å². The summed E-state index contributed by atoms with van der Waals surface area (Å²) in [6.07, 6.45) is 7.58. The Bertz CT molecular complexity index is 624. The molecule has 0 amide bonds. The number of hydrogen-bond acceptors (Lipinski definition) is 6. The molecule has 2 aromatic rings. The Morgan fingerprint density at radius 3 is 3.09 bits per heavy atom. The van der Waals surface area contributed by atoms with Gasteiger partial charge in [0.1, 0.15) is 4.88 Å². The third-order valence-corrected chi connectivity index (χ3v) is 4.98. The molecule has 0 aromatic carbocycles. The van der Waals surface area contributed by atoms with Gasteiger partial charge < -0.3 is 9.26 Å². The van der Waals surface area contributed by atoms with E-state index >= 15 is 0 Å². The predicted molar refractivity (Wildman–Crippen MR) is 83.0 cm³/mol. The lowest BCUT2D eigenvalue weighted by molar-refractivity contribution is 0.0435. The van der Waals surface area contributed by atoms with Crippen LogP contribution < -0.4 is 0 Å². The summed E-state index contributed by atoms with van der Waals surface area (Å²) in [5, 5.41) is 3.85. The summed E-state index contributed by atoms with van der Waals surface area (Å²) in [6.45, 7) is 2.09. The molecule has 6 heteroatoms. The Morgan fingerprint density at radius 1 is 1.36 bits per heavy atom. The highest BCUT2D eigenvalue weighted by molar-refractivity contribution is 7.14. The van der Waals surface area contributed by atoms with Crippen LogP contribution in [0.15, 0.2) is 10.6 Å². The smallest absolute Gasteiger partial charge is 0.348 e. The average molecular weight is 320 g/mol. The van der Waals surface area contributed by atoms with E-state index < -0.39 is 0 Å². The molecule has 22 heavy (non-hydrogen) atoms. The van der Waals surface area contributed by atoms with Crippen molar-refractivity contribution in [1.29, 1.82) is 0 Å². The largest absolute Gasteiger partial charge is 0.451 e. The normalized spacial score (nSPS) is 14.4. The Balaban J connectivity index is 1.59. The summed E-state index contributed by atoms with van der Waals surface area (Å²) in [5.74, 6) is 0.722. The van der Waals surface area contributed by atoms with Crippen molar-refractivity contribution in [3.05, 3.63) is 33.1 Å². The van der Waals surface area contributed by atoms with Crippen LogP contribution in [0.4, 0.5) is 0 Å². The van der Waals surface area contributed by atoms with E-state index in [1.165, 1.54) is 29.7 Å². The van der Waals surface area contributed by atoms with Crippen LogP contribution in [0.5, 0.6) is 0 Å². The molecule has 1 aliphatic carbocycles. The number of aromatic nitrogens is 2. The van der Waals surface area contributed by atoms with Crippen LogP contribution >= 0.6 is 11.3 Å². The van der Waals surface area contributed by atoms with E-state index in [0.717, 1.165) is 25.7 Å². The standard InChI is InChI=1S/C16H20N2O3S/c1-2-6-14-17-15(21-18-14)10-20-16(19)13-9-11-7-4-3-5-8-12(11)22-13/h9H,2-8,10H2,1H3. The number of thiophene rings is 1. The molecule has 0 N–H and O–H groups in total. The van der Waals surface area contributed by atoms with Gasteiger partial charge in [-0.2, -0.15) is 4.98 Å². The number of hydrogen-bond donors (Lipinski definition) is 0. The number of fused-ring (bicyclic) bond motifs is 1. The number of carbonyl (C=O) groups excluding carboxylic acids is 1. The van der Waals surface area contributed by atoms with Crippen molar-refractivity contribution in [2.75, 3.05) is 0 Å². The van der Waals surface area contributed by atoms with Crippen molar-refractivity contribution < 1.29 is 14.1 Å². The summed E-state index contributed by atoms with van der Waals surface area (Å²) in [7, 11) is 0. The zero-order chi connectivity index (χ0) is 15.4. The number of nitrogens with zero attached hydrogens (tertiary/aromatic N) is 2. The molecule has 0 fully saturated rings. The van der Waals surface area contributed by atoms with E-state index in [1.807, 2.05) is 6.07 Å². The lowest BCUT2D eigenvalue weighted by Crippen LogP contribution is -2.03. The number of carbonyl (C=O) groups is 1. The molecule has 2 heterocycles. The summed E-state index contributed by atoms with van der Waals surface area (Å²) in [4.78, 5) is 18.4. The molecule has 0 spiro atoms. The van der Waals surface area contributed by atoms with Crippen LogP contribution in [-0.2, 0) is 30.6 Å². The van der Waals surface area contributed by atoms with Crippen LogP contribution in [0.2, 0.25) is 0 Å². The van der Waals surface area contributed by atoms with Crippen molar-refractivity contribution in [2.24, 2.45) is 0 Å². The van der Waals surface area contributed by atoms with Crippen molar-refractivity contribution >= 4 is 17.3 Å². The first-order valence-corrected chi connectivity index (χ1v) is 8.68. The molecule has 2 aromatic heterocycles. The van der Waals surface area contributed by atoms with Gasteiger partial charge in [0.15, 0.2) is 12.4 Å². The molecule has 0 bridgehead atoms. The Kier molecular flexibility index (Phi) is 4.87. The third kappa shape index (κ3) is 3.55. The van der Waals surface area contributed by atoms with Crippen LogP contribution in [0.3, 0.4) is 0 Å². The lowest BCUT2D eigenvalue weighted by atomic mass is 10.1. The summed E-state index contributed by atoms with van der Waals surface area (Å²) < 4.78 is 10.4. The molecule has 118 valence electrons. The molecular weight excluding hydrogens is 300 g/mol. The van der Waals surface area contributed by atoms with Gasteiger partial charge >= 0.3 is 5.97 Å². The third-order valence-electron chi connectivity index (χ3n) is 3.76. The fourth-order valence-electron chi connectivity index (χ4n) is 2.64. The molecule has 5 nitrogen and oxygen atoms in total. The lowest BCUT2D eigenvalue weighted by Gasteiger charge is -1.99. The maximum Gasteiger partial charge on any atom is 0.348 e. The molecule has 3 rings (SSSR count). The van der Waals surface area contributed by atoms with E-state index in [-0.39, 0.29) is 12.6 Å². The van der Waals surface area contributed by atoms with Gasteiger partial charge in [-0.25, -0.2) is 4.79 Å². The molecule has 0 saturated carbocycles. The molecule has 1 aliphatic rings. The Morgan fingerprint density at radius 2 is 2.23 bits per heavy atom. The van der Waals surface area contributed by atoms with Gasteiger partial charge in [0.2, 0.25) is 0 Å². The zero-order valence-electron chi connectivity index (χ0n) is 12.8. The molecule has 0 aliphatic heterocycles. The molecule has 0 saturated heterocycles. The van der Waals surface area contributed by atoms with Crippen molar-refractivity contribution in [1.82, 2.24) is 10.1 Å². The van der Waals surface area contributed by atoms with E-state index in [4.69, 9.17) is 9.26 Å². The highest BCUT2D eigenvalue weighted by atomic mass is 32.1. The fourth-order valence-corrected chi connectivity index (χ4v) is 3.79. The SMILES string of the molecule is CCCc1noc(COC(=O)c2cc3c(s2)CCCCC3)n1. The first-order chi connectivity index (χ1) is 10.8. The second kappa shape index (κ2) is 7.05. The summed E-state index contributed by atoms with van der Waals surface area (Å²) in [6, 6.07) is 1.99. The van der Waals surface area contributed by atoms with Gasteiger partial charge in [-0.05, 0) is 43.7 Å². The van der Waals surface area contributed by atoms with Gasteiger partial charge in [-0.3, -0.25) is 0 Å². The van der Waals surface area contributed by atoms with Crippen molar-refractivity contribution in [3.8, 4) is 0 Å². The summed E-state index contributed by atoms with van der Waals surface area (Å²) in [5.41, 5.74) is 1.32. The minimum atomic E-state index is -0.298. The molecule has 0 unspecified atom stereocenters. The molecule has 0 radical (unpaired) electrons. The van der Waals surface area contributed by atoms with E-state index in [9.17, 15) is 4.79 Å². The predicted octanol–water partition coefficient (Wildman–Crippen LogP) is 3.71. The topological polar surface area (TPSA) is 65.2 Å². The number of aryl methyl sites for hydroxylation is 3. The second-order valence-electron chi connectivity index (χ2n) is 5.55. The van der Waals surface area contributed by atoms with Crippen LogP contribution in [0, 0.1) is 0 Å². The van der Waals surface area contributed by atoms with E-state index in [0.29, 0.717) is 16.6 Å². The van der Waals surface area contributed by atoms with Gasteiger partial charge in [0, 0.05) is 11.3 Å². The van der Waals surface area contributed by atoms with Crippen molar-refractivity contribution in [2.45, 2.75) is 58.5 Å². The molecular formula is C16H20N2O3S. The van der Waals surface area contributed by atoms with Crippen molar-refractivity contribution in [3.63, 3.8) is 0 Å². The van der Waals surface area contributed by atoms with Crippen LogP contribution in [-0.4, -0.2) is 16.1 Å². The quantitative estimate of drug-likeness (QED) is 0.620. The fraction of sp³-hybridized carbons (Fsp3) is 0.562. The van der Waals surface area contributed by atoms with E-state index in [2.05, 4.69) is 17.1 Å². The highest BCUT2D eigenvalue weighted by Crippen LogP contribution is 2.29. The number of ether oxygens (including phenoxy) is 1. The van der Waals surface area contributed by atoms with Gasteiger partial charge in [0.25, 0.3) is 5.89 Å². The first kappa shape index (κ1) is 15.2. The zero-order valence-corrected chi connectivity index (χ0v) is 13.6. The van der Waals surface area contributed by atoms with Gasteiger partial charge in [0.05, 0.1) is 0 Å². The summed E-state index contributed by atoms with van der Waals surface area (Å²) >= 11 is 1.56. The minimum absolute atomic E-state index is 0.0398. The maximum atomic E-state index is 12.2. The second-order valence-corrected chi connectivity index (χ2v) is 6.69. The van der Waals surface area contributed by atoms with Crippen LogP contribution in [0.1, 0.15) is 64.4 Å². The minimum Gasteiger partial charge on any atom is -0.451 e. The molecule has 0 atom stereocenters. The Labute approximate surface area is 133 Å². The maximum absolute atomic E-state index is 12.2. The monoisotopic (exact) mass is 320 g/mol. The highest BCUT2D eigenvalue weighted by Gasteiger charge is 2.18. The first-order valence-electron chi connectivity index (χ1n) is 7.86. The average Bonchev–Trinajstić information content (AvgIpc) is 3.07. The number of esters is 1. The Hall–Kier alpha value is -1.69.